The lowest BCUT2D eigenvalue weighted by atomic mass is 9.85. The number of para-hydroxylation sites is 2. The molecule has 0 radical (unpaired) electrons. The number of allylic oxidation sites excluding steroid dienone is 1. The zero-order chi connectivity index (χ0) is 38.7. The van der Waals surface area contributed by atoms with Gasteiger partial charge >= 0.3 is 0 Å². The summed E-state index contributed by atoms with van der Waals surface area (Å²) in [6.07, 6.45) is 17.0. The van der Waals surface area contributed by atoms with Crippen LogP contribution in [0.5, 0.6) is 0 Å². The summed E-state index contributed by atoms with van der Waals surface area (Å²) in [7, 11) is 0. The Bertz CT molecular complexity index is 2680. The van der Waals surface area contributed by atoms with Crippen LogP contribution in [0.15, 0.2) is 175 Å². The van der Waals surface area contributed by atoms with Crippen LogP contribution in [0.2, 0.25) is 0 Å². The molecule has 0 unspecified atom stereocenters. The van der Waals surface area contributed by atoms with E-state index in [0.717, 1.165) is 34.4 Å². The number of benzene rings is 8. The summed E-state index contributed by atoms with van der Waals surface area (Å²) in [5.41, 5.74) is 11.3. The minimum atomic E-state index is 0.822. The molecule has 2 aliphatic carbocycles. The van der Waals surface area contributed by atoms with Gasteiger partial charge in [-0.25, -0.2) is 0 Å². The highest BCUT2D eigenvalue weighted by atomic mass is 15.1. The Morgan fingerprint density at radius 2 is 0.810 bits per heavy atom. The van der Waals surface area contributed by atoms with Crippen molar-refractivity contribution >= 4 is 72.5 Å². The summed E-state index contributed by atoms with van der Waals surface area (Å²) in [5.74, 6) is 0.822. The standard InChI is InChI=1S/C56H52N2/c1-5-15-41(16-6-1)37-43-25-29-47(30-26-43)57(45-19-9-3-10-20-45)49-33-35-53-51-23-13-14-24-52(51)55-39-50(34-36-54(55)56(53)40-49)58(46-21-11-4-12-22-46)48-31-27-44(28-32-48)38-42-17-7-2-8-18-42/h3-4,9-14,19-36,38-41H,1-2,5-8,15-18,37H2. The van der Waals surface area contributed by atoms with Gasteiger partial charge in [0.05, 0.1) is 0 Å². The Morgan fingerprint density at radius 1 is 0.379 bits per heavy atom. The van der Waals surface area contributed by atoms with Gasteiger partial charge in [0, 0.05) is 34.1 Å². The molecular formula is C56H52N2. The summed E-state index contributed by atoms with van der Waals surface area (Å²) in [6.45, 7) is 0. The van der Waals surface area contributed by atoms with Crippen molar-refractivity contribution in [2.24, 2.45) is 5.92 Å². The van der Waals surface area contributed by atoms with Crippen LogP contribution in [0.25, 0.3) is 38.4 Å². The van der Waals surface area contributed by atoms with Crippen molar-refractivity contribution in [3.63, 3.8) is 0 Å². The van der Waals surface area contributed by atoms with Crippen LogP contribution >= 0.6 is 0 Å². The van der Waals surface area contributed by atoms with Crippen LogP contribution in [0.4, 0.5) is 34.1 Å². The van der Waals surface area contributed by atoms with Gasteiger partial charge in [-0.15, -0.1) is 0 Å². The lowest BCUT2D eigenvalue weighted by Crippen LogP contribution is -2.11. The quantitative estimate of drug-likeness (QED) is 0.136. The van der Waals surface area contributed by atoms with Gasteiger partial charge in [-0.1, -0.05) is 147 Å². The molecule has 10 rings (SSSR count). The summed E-state index contributed by atoms with van der Waals surface area (Å²) >= 11 is 0. The zero-order valence-electron chi connectivity index (χ0n) is 33.5. The lowest BCUT2D eigenvalue weighted by Gasteiger charge is -2.27. The second-order valence-electron chi connectivity index (χ2n) is 16.7. The Labute approximate surface area is 344 Å². The van der Waals surface area contributed by atoms with Crippen molar-refractivity contribution in [1.82, 2.24) is 0 Å². The highest BCUT2D eigenvalue weighted by Crippen LogP contribution is 2.44. The molecule has 2 saturated carbocycles. The van der Waals surface area contributed by atoms with E-state index < -0.39 is 0 Å². The number of hydrogen-bond donors (Lipinski definition) is 0. The Hall–Kier alpha value is -6.12. The van der Waals surface area contributed by atoms with E-state index in [1.165, 1.54) is 120 Å². The van der Waals surface area contributed by atoms with Gasteiger partial charge in [0.1, 0.15) is 0 Å². The maximum absolute atomic E-state index is 2.42. The van der Waals surface area contributed by atoms with Crippen molar-refractivity contribution in [2.75, 3.05) is 9.80 Å². The summed E-state index contributed by atoms with van der Waals surface area (Å²) in [6, 6.07) is 63.3. The highest BCUT2D eigenvalue weighted by molar-refractivity contribution is 6.26. The fourth-order valence-corrected chi connectivity index (χ4v) is 9.87. The number of rotatable bonds is 9. The van der Waals surface area contributed by atoms with E-state index in [0.29, 0.717) is 0 Å². The number of anilines is 6. The SMILES string of the molecule is C(=C1CCCCC1)c1ccc(N(c2ccccc2)c2ccc3c(c2)c2ccccc2c2ccc(N(c4ccccc4)c4ccc(CC5CCCCC5)cc4)cc23)cc1. The zero-order valence-corrected chi connectivity index (χ0v) is 33.5. The minimum absolute atomic E-state index is 0.822. The molecule has 2 fully saturated rings. The van der Waals surface area contributed by atoms with Crippen molar-refractivity contribution in [3.05, 3.63) is 187 Å². The first-order valence-corrected chi connectivity index (χ1v) is 21.7. The first-order valence-electron chi connectivity index (χ1n) is 21.7. The Morgan fingerprint density at radius 3 is 1.38 bits per heavy atom. The van der Waals surface area contributed by atoms with Gasteiger partial charge in [0.15, 0.2) is 0 Å². The molecule has 0 saturated heterocycles. The molecule has 2 nitrogen and oxygen atoms in total. The third-order valence-corrected chi connectivity index (χ3v) is 12.8. The molecule has 0 spiro atoms. The van der Waals surface area contributed by atoms with E-state index in [4.69, 9.17) is 0 Å². The van der Waals surface area contributed by atoms with Crippen LogP contribution in [-0.4, -0.2) is 0 Å². The summed E-state index contributed by atoms with van der Waals surface area (Å²) < 4.78 is 0. The van der Waals surface area contributed by atoms with Crippen LogP contribution < -0.4 is 9.80 Å². The third kappa shape index (κ3) is 7.40. The molecule has 0 heterocycles. The van der Waals surface area contributed by atoms with E-state index in [1.54, 1.807) is 5.57 Å². The molecule has 0 aliphatic heterocycles. The van der Waals surface area contributed by atoms with Gasteiger partial charge in [0.25, 0.3) is 0 Å². The van der Waals surface area contributed by atoms with Crippen molar-refractivity contribution in [3.8, 4) is 0 Å². The summed E-state index contributed by atoms with van der Waals surface area (Å²) in [5, 5.41) is 7.61. The smallest absolute Gasteiger partial charge is 0.0468 e. The van der Waals surface area contributed by atoms with Crippen molar-refractivity contribution < 1.29 is 0 Å². The van der Waals surface area contributed by atoms with Crippen LogP contribution in [0.3, 0.4) is 0 Å². The van der Waals surface area contributed by atoms with Gasteiger partial charge in [-0.05, 0) is 154 Å². The Kier molecular flexibility index (Phi) is 10.2. The van der Waals surface area contributed by atoms with Crippen molar-refractivity contribution in [2.45, 2.75) is 70.6 Å². The Balaban J connectivity index is 1.08. The molecule has 0 N–H and O–H groups in total. The lowest BCUT2D eigenvalue weighted by molar-refractivity contribution is 0.356. The second-order valence-corrected chi connectivity index (χ2v) is 16.7. The molecular weight excluding hydrogens is 701 g/mol. The van der Waals surface area contributed by atoms with E-state index >= 15 is 0 Å². The maximum atomic E-state index is 2.42. The predicted octanol–water partition coefficient (Wildman–Crippen LogP) is 16.6. The predicted molar refractivity (Wildman–Crippen MR) is 250 cm³/mol. The van der Waals surface area contributed by atoms with Gasteiger partial charge in [-0.2, -0.15) is 0 Å². The van der Waals surface area contributed by atoms with Crippen LogP contribution in [0, 0.1) is 5.92 Å². The molecule has 2 aliphatic rings. The molecule has 0 atom stereocenters. The molecule has 0 aromatic heterocycles. The second kappa shape index (κ2) is 16.4. The third-order valence-electron chi connectivity index (χ3n) is 12.8. The maximum Gasteiger partial charge on any atom is 0.0468 e. The average molecular weight is 753 g/mol. The first kappa shape index (κ1) is 36.2. The van der Waals surface area contributed by atoms with E-state index in [9.17, 15) is 0 Å². The topological polar surface area (TPSA) is 6.48 Å². The highest BCUT2D eigenvalue weighted by Gasteiger charge is 2.19. The monoisotopic (exact) mass is 752 g/mol. The molecule has 0 amide bonds. The number of nitrogens with zero attached hydrogens (tertiary/aromatic N) is 2. The molecule has 8 aromatic rings. The molecule has 286 valence electrons. The average Bonchev–Trinajstić information content (AvgIpc) is 3.29. The van der Waals surface area contributed by atoms with Gasteiger partial charge < -0.3 is 9.80 Å². The molecule has 58 heavy (non-hydrogen) atoms. The minimum Gasteiger partial charge on any atom is -0.310 e. The van der Waals surface area contributed by atoms with Crippen molar-refractivity contribution in [1.29, 1.82) is 0 Å². The molecule has 2 heteroatoms. The number of hydrogen-bond acceptors (Lipinski definition) is 2. The van der Waals surface area contributed by atoms with Gasteiger partial charge in [0.2, 0.25) is 0 Å². The van der Waals surface area contributed by atoms with Gasteiger partial charge in [-0.3, -0.25) is 0 Å². The van der Waals surface area contributed by atoms with Crippen LogP contribution in [0.1, 0.15) is 75.3 Å². The first-order chi connectivity index (χ1) is 28.7. The fraction of sp³-hybridized carbons (Fsp3) is 0.214. The van der Waals surface area contributed by atoms with E-state index in [1.807, 2.05) is 0 Å². The van der Waals surface area contributed by atoms with E-state index in [2.05, 4.69) is 186 Å². The number of fused-ring (bicyclic) bond motifs is 6. The van der Waals surface area contributed by atoms with E-state index in [-0.39, 0.29) is 0 Å². The molecule has 8 aromatic carbocycles. The largest absolute Gasteiger partial charge is 0.310 e. The molecule has 0 bridgehead atoms. The fourth-order valence-electron chi connectivity index (χ4n) is 9.87. The summed E-state index contributed by atoms with van der Waals surface area (Å²) in [4.78, 5) is 4.83. The normalized spacial score (nSPS) is 14.9. The van der Waals surface area contributed by atoms with Crippen LogP contribution in [-0.2, 0) is 6.42 Å².